The second kappa shape index (κ2) is 7.22. The zero-order valence-corrected chi connectivity index (χ0v) is 12.6. The average molecular weight is 298 g/mol. The molecule has 3 N–H and O–H groups in total. The molecular weight excluding hydrogens is 276 g/mol. The van der Waals surface area contributed by atoms with Crippen molar-refractivity contribution >= 4 is 11.6 Å². The van der Waals surface area contributed by atoms with Crippen LogP contribution in [0.2, 0.25) is 0 Å². The number of aliphatic hydroxyl groups excluding tert-OH is 1. The van der Waals surface area contributed by atoms with Crippen molar-refractivity contribution in [2.75, 3.05) is 10.6 Å². The number of rotatable bonds is 5. The van der Waals surface area contributed by atoms with Gasteiger partial charge in [0.25, 0.3) is 0 Å². The molecule has 0 atom stereocenters. The Morgan fingerprint density at radius 2 is 1.73 bits per heavy atom. The Morgan fingerprint density at radius 1 is 1.00 bits per heavy atom. The fraction of sp³-hybridized carbons (Fsp3) is 0.412. The van der Waals surface area contributed by atoms with Crippen molar-refractivity contribution in [3.63, 3.8) is 0 Å². The van der Waals surface area contributed by atoms with E-state index in [0.717, 1.165) is 43.9 Å². The topological polar surface area (TPSA) is 70.1 Å². The van der Waals surface area contributed by atoms with Gasteiger partial charge in [-0.15, -0.1) is 0 Å². The van der Waals surface area contributed by atoms with Crippen molar-refractivity contribution in [3.05, 3.63) is 48.3 Å². The van der Waals surface area contributed by atoms with Gasteiger partial charge in [-0.3, -0.25) is 0 Å². The van der Waals surface area contributed by atoms with Crippen LogP contribution in [-0.2, 0) is 6.54 Å². The summed E-state index contributed by atoms with van der Waals surface area (Å²) in [6.45, 7) is 0.743. The van der Waals surface area contributed by atoms with Crippen LogP contribution in [0.1, 0.15) is 31.2 Å². The molecular formula is C17H22N4O. The van der Waals surface area contributed by atoms with Gasteiger partial charge in [0, 0.05) is 18.7 Å². The third-order valence-electron chi connectivity index (χ3n) is 4.03. The quantitative estimate of drug-likeness (QED) is 0.792. The van der Waals surface area contributed by atoms with E-state index in [1.165, 1.54) is 5.56 Å². The highest BCUT2D eigenvalue weighted by molar-refractivity contribution is 5.47. The Balaban J connectivity index is 1.55. The Hall–Kier alpha value is -2.14. The number of hydrogen-bond acceptors (Lipinski definition) is 5. The molecule has 0 unspecified atom stereocenters. The van der Waals surface area contributed by atoms with Crippen molar-refractivity contribution < 1.29 is 5.11 Å². The minimum Gasteiger partial charge on any atom is -0.393 e. The first-order chi connectivity index (χ1) is 10.8. The van der Waals surface area contributed by atoms with Crippen molar-refractivity contribution in [1.82, 2.24) is 9.97 Å². The molecule has 1 saturated carbocycles. The maximum absolute atomic E-state index is 9.55. The fourth-order valence-corrected chi connectivity index (χ4v) is 2.75. The normalized spacial score (nSPS) is 21.3. The van der Waals surface area contributed by atoms with Gasteiger partial charge in [0.2, 0.25) is 0 Å². The van der Waals surface area contributed by atoms with E-state index in [4.69, 9.17) is 0 Å². The molecule has 1 aromatic carbocycles. The summed E-state index contributed by atoms with van der Waals surface area (Å²) < 4.78 is 0. The molecule has 0 aliphatic heterocycles. The standard InChI is InChI=1S/C17H22N4O/c22-15-8-6-14(7-9-15)21-17-10-16(19-12-20-17)18-11-13-4-2-1-3-5-13/h1-5,10,12,14-15,22H,6-9,11H2,(H2,18,19,20,21). The number of anilines is 2. The van der Waals surface area contributed by atoms with Crippen LogP contribution in [0.3, 0.4) is 0 Å². The minimum atomic E-state index is -0.133. The maximum atomic E-state index is 9.55. The molecule has 0 radical (unpaired) electrons. The number of aromatic nitrogens is 2. The summed E-state index contributed by atoms with van der Waals surface area (Å²) in [5.41, 5.74) is 1.22. The van der Waals surface area contributed by atoms with E-state index in [0.29, 0.717) is 6.04 Å². The summed E-state index contributed by atoms with van der Waals surface area (Å²) in [6, 6.07) is 12.6. The van der Waals surface area contributed by atoms with Gasteiger partial charge in [-0.05, 0) is 31.2 Å². The van der Waals surface area contributed by atoms with Crippen molar-refractivity contribution in [2.24, 2.45) is 0 Å². The summed E-state index contributed by atoms with van der Waals surface area (Å²) in [5, 5.41) is 16.3. The highest BCUT2D eigenvalue weighted by Gasteiger charge is 2.19. The third-order valence-corrected chi connectivity index (χ3v) is 4.03. The largest absolute Gasteiger partial charge is 0.393 e. The van der Waals surface area contributed by atoms with Gasteiger partial charge in [0.05, 0.1) is 6.10 Å². The molecule has 116 valence electrons. The number of hydrogen-bond donors (Lipinski definition) is 3. The van der Waals surface area contributed by atoms with Crippen molar-refractivity contribution in [2.45, 2.75) is 44.4 Å². The highest BCUT2D eigenvalue weighted by atomic mass is 16.3. The lowest BCUT2D eigenvalue weighted by atomic mass is 9.93. The van der Waals surface area contributed by atoms with E-state index in [1.54, 1.807) is 6.33 Å². The van der Waals surface area contributed by atoms with Crippen LogP contribution < -0.4 is 10.6 Å². The Kier molecular flexibility index (Phi) is 4.85. The SMILES string of the molecule is OC1CCC(Nc2cc(NCc3ccccc3)ncn2)CC1. The number of aliphatic hydroxyl groups is 1. The van der Waals surface area contributed by atoms with E-state index in [2.05, 4.69) is 32.7 Å². The lowest BCUT2D eigenvalue weighted by Gasteiger charge is -2.26. The molecule has 3 rings (SSSR count). The van der Waals surface area contributed by atoms with Crippen molar-refractivity contribution in [3.8, 4) is 0 Å². The number of nitrogens with one attached hydrogen (secondary N) is 2. The fourth-order valence-electron chi connectivity index (χ4n) is 2.75. The van der Waals surface area contributed by atoms with Gasteiger partial charge < -0.3 is 15.7 Å². The van der Waals surface area contributed by atoms with Gasteiger partial charge in [0.15, 0.2) is 0 Å². The smallest absolute Gasteiger partial charge is 0.131 e. The molecule has 1 aliphatic carbocycles. The average Bonchev–Trinajstić information content (AvgIpc) is 2.57. The zero-order chi connectivity index (χ0) is 15.2. The molecule has 0 bridgehead atoms. The molecule has 5 nitrogen and oxygen atoms in total. The third kappa shape index (κ3) is 4.18. The van der Waals surface area contributed by atoms with E-state index < -0.39 is 0 Å². The van der Waals surface area contributed by atoms with Crippen LogP contribution in [0.4, 0.5) is 11.6 Å². The summed E-state index contributed by atoms with van der Waals surface area (Å²) >= 11 is 0. The second-order valence-corrected chi connectivity index (χ2v) is 5.78. The molecule has 1 fully saturated rings. The van der Waals surface area contributed by atoms with E-state index >= 15 is 0 Å². The molecule has 1 heterocycles. The molecule has 0 amide bonds. The molecule has 0 spiro atoms. The Morgan fingerprint density at radius 3 is 2.50 bits per heavy atom. The molecule has 5 heteroatoms. The molecule has 2 aromatic rings. The molecule has 1 aromatic heterocycles. The first-order valence-electron chi connectivity index (χ1n) is 7.84. The summed E-state index contributed by atoms with van der Waals surface area (Å²) in [7, 11) is 0. The summed E-state index contributed by atoms with van der Waals surface area (Å²) in [6.07, 6.45) is 5.14. The van der Waals surface area contributed by atoms with Crippen LogP contribution in [0.5, 0.6) is 0 Å². The van der Waals surface area contributed by atoms with Gasteiger partial charge >= 0.3 is 0 Å². The predicted molar refractivity (Wildman–Crippen MR) is 87.7 cm³/mol. The van der Waals surface area contributed by atoms with Crippen LogP contribution in [-0.4, -0.2) is 27.2 Å². The van der Waals surface area contributed by atoms with Crippen LogP contribution in [0.25, 0.3) is 0 Å². The van der Waals surface area contributed by atoms with Gasteiger partial charge in [-0.2, -0.15) is 0 Å². The van der Waals surface area contributed by atoms with Gasteiger partial charge in [0.1, 0.15) is 18.0 Å². The summed E-state index contributed by atoms with van der Waals surface area (Å²) in [4.78, 5) is 8.54. The Labute approximate surface area is 130 Å². The molecule has 1 aliphatic rings. The van der Waals surface area contributed by atoms with E-state index in [1.807, 2.05) is 24.3 Å². The van der Waals surface area contributed by atoms with Crippen LogP contribution >= 0.6 is 0 Å². The van der Waals surface area contributed by atoms with Crippen LogP contribution in [0, 0.1) is 0 Å². The highest BCUT2D eigenvalue weighted by Crippen LogP contribution is 2.22. The van der Waals surface area contributed by atoms with Gasteiger partial charge in [-0.25, -0.2) is 9.97 Å². The summed E-state index contributed by atoms with van der Waals surface area (Å²) in [5.74, 6) is 1.66. The first kappa shape index (κ1) is 14.8. The number of benzene rings is 1. The Bertz CT molecular complexity index is 582. The monoisotopic (exact) mass is 298 g/mol. The first-order valence-corrected chi connectivity index (χ1v) is 7.84. The maximum Gasteiger partial charge on any atom is 0.131 e. The van der Waals surface area contributed by atoms with Crippen LogP contribution in [0.15, 0.2) is 42.7 Å². The molecule has 22 heavy (non-hydrogen) atoms. The van der Waals surface area contributed by atoms with Crippen molar-refractivity contribution in [1.29, 1.82) is 0 Å². The molecule has 0 saturated heterocycles. The van der Waals surface area contributed by atoms with E-state index in [9.17, 15) is 5.11 Å². The predicted octanol–water partition coefficient (Wildman–Crippen LogP) is 2.80. The lowest BCUT2D eigenvalue weighted by Crippen LogP contribution is -2.28. The zero-order valence-electron chi connectivity index (χ0n) is 12.6. The lowest BCUT2D eigenvalue weighted by molar-refractivity contribution is 0.126. The van der Waals surface area contributed by atoms with Gasteiger partial charge in [-0.1, -0.05) is 30.3 Å². The minimum absolute atomic E-state index is 0.133. The van der Waals surface area contributed by atoms with E-state index in [-0.39, 0.29) is 6.10 Å². The second-order valence-electron chi connectivity index (χ2n) is 5.78. The number of nitrogens with zero attached hydrogens (tertiary/aromatic N) is 2.